The summed E-state index contributed by atoms with van der Waals surface area (Å²) < 4.78 is 68.6. The van der Waals surface area contributed by atoms with Gasteiger partial charge >= 0.3 is 39.5 Å². The van der Waals surface area contributed by atoms with E-state index in [9.17, 15) is 43.2 Å². The van der Waals surface area contributed by atoms with Gasteiger partial charge in [0.1, 0.15) is 19.3 Å². The molecular weight excluding hydrogens is 1310 g/mol. The smallest absolute Gasteiger partial charge is 0.462 e. The molecule has 0 radical (unpaired) electrons. The second-order valence-electron chi connectivity index (χ2n) is 30.8. The van der Waals surface area contributed by atoms with Crippen molar-refractivity contribution in [3.8, 4) is 0 Å². The molecule has 0 saturated heterocycles. The van der Waals surface area contributed by atoms with Crippen molar-refractivity contribution in [2.75, 3.05) is 39.6 Å². The summed E-state index contributed by atoms with van der Waals surface area (Å²) in [5.41, 5.74) is 0. The van der Waals surface area contributed by atoms with Crippen molar-refractivity contribution >= 4 is 39.5 Å². The molecule has 17 nitrogen and oxygen atoms in total. The first-order valence-electron chi connectivity index (χ1n) is 41.7. The van der Waals surface area contributed by atoms with Gasteiger partial charge < -0.3 is 33.8 Å². The maximum atomic E-state index is 13.1. The number of aliphatic hydroxyl groups is 1. The molecule has 0 amide bonds. The predicted octanol–water partition coefficient (Wildman–Crippen LogP) is 24.0. The monoisotopic (exact) mass is 1470 g/mol. The average molecular weight is 1470 g/mol. The maximum Gasteiger partial charge on any atom is 0.472 e. The van der Waals surface area contributed by atoms with E-state index in [1.54, 1.807) is 0 Å². The lowest BCUT2D eigenvalue weighted by molar-refractivity contribution is -0.161. The molecule has 0 bridgehead atoms. The molecule has 594 valence electrons. The topological polar surface area (TPSA) is 237 Å². The second kappa shape index (κ2) is 70.1. The molecule has 3 unspecified atom stereocenters. The van der Waals surface area contributed by atoms with Gasteiger partial charge in [0.2, 0.25) is 0 Å². The van der Waals surface area contributed by atoms with E-state index in [1.807, 2.05) is 0 Å². The van der Waals surface area contributed by atoms with Crippen molar-refractivity contribution in [1.82, 2.24) is 0 Å². The Labute approximate surface area is 613 Å². The lowest BCUT2D eigenvalue weighted by atomic mass is 10.00. The summed E-state index contributed by atoms with van der Waals surface area (Å²) in [6.07, 6.45) is 57.2. The second-order valence-corrected chi connectivity index (χ2v) is 33.7. The van der Waals surface area contributed by atoms with Crippen LogP contribution in [0.1, 0.15) is 415 Å². The van der Waals surface area contributed by atoms with Crippen LogP contribution in [0.2, 0.25) is 0 Å². The van der Waals surface area contributed by atoms with Gasteiger partial charge in [-0.25, -0.2) is 9.13 Å². The minimum Gasteiger partial charge on any atom is -0.462 e. The number of esters is 4. The van der Waals surface area contributed by atoms with Crippen molar-refractivity contribution in [3.05, 3.63) is 0 Å². The van der Waals surface area contributed by atoms with Gasteiger partial charge in [0.25, 0.3) is 0 Å². The number of unbranched alkanes of at least 4 members (excludes halogenated alkanes) is 43. The largest absolute Gasteiger partial charge is 0.472 e. The number of phosphoric ester groups is 2. The van der Waals surface area contributed by atoms with Gasteiger partial charge in [0, 0.05) is 25.7 Å². The summed E-state index contributed by atoms with van der Waals surface area (Å²) in [6.45, 7) is 14.2. The molecule has 19 heteroatoms. The van der Waals surface area contributed by atoms with E-state index in [0.29, 0.717) is 31.6 Å². The quantitative estimate of drug-likeness (QED) is 0.0222. The van der Waals surface area contributed by atoms with E-state index >= 15 is 0 Å². The standard InChI is InChI=1S/C81H158O17P2/c1-9-74(8)60-52-44-39-40-46-54-62-79(84)92-68-77(98-81(86)64-56-48-38-32-35-43-51-59-73(6)7)70-96-100(89,90)94-66-75(82)65-93-99(87,88)95-69-76(67-91-78(83)61-53-45-36-30-26-22-18-15-14-17-21-25-29-34-42-50-58-72(4)5)97-80(85)63-55-47-37-31-27-23-19-13-11-10-12-16-20-24-28-33-41-49-57-71(2)3/h71-77,82H,9-70H2,1-8H3,(H,87,88)(H,89,90)/t74?,75-,76-,77-/m1/s1. The first-order valence-corrected chi connectivity index (χ1v) is 44.7. The van der Waals surface area contributed by atoms with E-state index in [-0.39, 0.29) is 25.7 Å². The Kier molecular flexibility index (Phi) is 68.7. The van der Waals surface area contributed by atoms with Crippen molar-refractivity contribution in [3.63, 3.8) is 0 Å². The van der Waals surface area contributed by atoms with Crippen LogP contribution in [-0.4, -0.2) is 96.7 Å². The fraction of sp³-hybridized carbons (Fsp3) is 0.951. The summed E-state index contributed by atoms with van der Waals surface area (Å²) in [7, 11) is -9.92. The van der Waals surface area contributed by atoms with Crippen molar-refractivity contribution in [2.45, 2.75) is 433 Å². The lowest BCUT2D eigenvalue weighted by Crippen LogP contribution is -2.30. The number of rotatable bonds is 78. The molecular formula is C81H158O17P2. The zero-order chi connectivity index (χ0) is 73.8. The Morgan fingerprint density at radius 2 is 0.480 bits per heavy atom. The Morgan fingerprint density at radius 1 is 0.280 bits per heavy atom. The van der Waals surface area contributed by atoms with Crippen LogP contribution in [0.5, 0.6) is 0 Å². The number of aliphatic hydroxyl groups excluding tert-OH is 1. The fourth-order valence-corrected chi connectivity index (χ4v) is 14.0. The summed E-state index contributed by atoms with van der Waals surface area (Å²) in [5, 5.41) is 10.6. The maximum absolute atomic E-state index is 13.1. The van der Waals surface area contributed by atoms with Crippen LogP contribution in [0, 0.1) is 23.7 Å². The highest BCUT2D eigenvalue weighted by molar-refractivity contribution is 7.47. The molecule has 0 heterocycles. The van der Waals surface area contributed by atoms with Crippen LogP contribution < -0.4 is 0 Å². The van der Waals surface area contributed by atoms with Crippen LogP contribution in [0.4, 0.5) is 0 Å². The van der Waals surface area contributed by atoms with E-state index in [1.165, 1.54) is 212 Å². The van der Waals surface area contributed by atoms with E-state index < -0.39 is 97.5 Å². The lowest BCUT2D eigenvalue weighted by Gasteiger charge is -2.21. The van der Waals surface area contributed by atoms with Gasteiger partial charge in [-0.2, -0.15) is 0 Å². The SMILES string of the molecule is CCC(C)CCCCCCCCC(=O)OC[C@H](COP(=O)(O)OC[C@H](O)COP(=O)(O)OC[C@@H](COC(=O)CCCCCCCCCCCCCCCCCCC(C)C)OC(=O)CCCCCCCCCCCCCCCCCCCCC(C)C)OC(=O)CCCCCCCCCC(C)C. The highest BCUT2D eigenvalue weighted by atomic mass is 31.2. The third kappa shape index (κ3) is 73.0. The summed E-state index contributed by atoms with van der Waals surface area (Å²) in [6, 6.07) is 0. The van der Waals surface area contributed by atoms with E-state index in [0.717, 1.165) is 114 Å². The summed E-state index contributed by atoms with van der Waals surface area (Å²) >= 11 is 0. The summed E-state index contributed by atoms with van der Waals surface area (Å²) in [5.74, 6) is 0.941. The molecule has 0 aliphatic heterocycles. The van der Waals surface area contributed by atoms with E-state index in [2.05, 4.69) is 55.4 Å². The molecule has 0 aromatic heterocycles. The summed E-state index contributed by atoms with van der Waals surface area (Å²) in [4.78, 5) is 72.9. The van der Waals surface area contributed by atoms with E-state index in [4.69, 9.17) is 37.0 Å². The third-order valence-corrected chi connectivity index (χ3v) is 21.1. The minimum absolute atomic E-state index is 0.102. The third-order valence-electron chi connectivity index (χ3n) is 19.2. The Morgan fingerprint density at radius 3 is 0.710 bits per heavy atom. The minimum atomic E-state index is -4.96. The van der Waals surface area contributed by atoms with Gasteiger partial charge in [-0.3, -0.25) is 37.3 Å². The van der Waals surface area contributed by atoms with Crippen LogP contribution in [0.25, 0.3) is 0 Å². The highest BCUT2D eigenvalue weighted by Gasteiger charge is 2.30. The number of ether oxygens (including phenoxy) is 4. The van der Waals surface area contributed by atoms with Gasteiger partial charge in [0.05, 0.1) is 26.4 Å². The molecule has 0 aliphatic rings. The zero-order valence-corrected chi connectivity index (χ0v) is 67.6. The molecule has 3 N–H and O–H groups in total. The molecule has 0 rings (SSSR count). The molecule has 6 atom stereocenters. The fourth-order valence-electron chi connectivity index (χ4n) is 12.4. The highest BCUT2D eigenvalue weighted by Crippen LogP contribution is 2.45. The van der Waals surface area contributed by atoms with Crippen molar-refractivity contribution in [2.24, 2.45) is 23.7 Å². The number of carbonyl (C=O) groups excluding carboxylic acids is 4. The Hall–Kier alpha value is -1.94. The Balaban J connectivity index is 5.20. The van der Waals surface area contributed by atoms with Crippen molar-refractivity contribution in [1.29, 1.82) is 0 Å². The number of phosphoric acid groups is 2. The van der Waals surface area contributed by atoms with Crippen LogP contribution >= 0.6 is 15.6 Å². The van der Waals surface area contributed by atoms with Gasteiger partial charge in [-0.05, 0) is 49.4 Å². The zero-order valence-electron chi connectivity index (χ0n) is 65.8. The van der Waals surface area contributed by atoms with Crippen molar-refractivity contribution < 1.29 is 80.2 Å². The number of carbonyl (C=O) groups is 4. The van der Waals surface area contributed by atoms with Gasteiger partial charge in [-0.15, -0.1) is 0 Å². The van der Waals surface area contributed by atoms with Crippen LogP contribution in [0.3, 0.4) is 0 Å². The molecule has 0 aliphatic carbocycles. The van der Waals surface area contributed by atoms with Crippen LogP contribution in [0.15, 0.2) is 0 Å². The molecule has 0 saturated carbocycles. The predicted molar refractivity (Wildman–Crippen MR) is 409 cm³/mol. The Bertz CT molecular complexity index is 1960. The number of hydrogen-bond donors (Lipinski definition) is 3. The van der Waals surface area contributed by atoms with Gasteiger partial charge in [0.15, 0.2) is 12.2 Å². The molecule has 0 spiro atoms. The average Bonchev–Trinajstić information content (AvgIpc) is 0.911. The normalized spacial score (nSPS) is 14.3. The molecule has 0 fully saturated rings. The first-order chi connectivity index (χ1) is 48.1. The molecule has 0 aromatic carbocycles. The number of hydrogen-bond acceptors (Lipinski definition) is 15. The first kappa shape index (κ1) is 98.1. The van der Waals surface area contributed by atoms with Gasteiger partial charge in [-0.1, -0.05) is 364 Å². The molecule has 0 aromatic rings. The van der Waals surface area contributed by atoms with Crippen LogP contribution in [-0.2, 0) is 65.4 Å². The molecule has 100 heavy (non-hydrogen) atoms.